The van der Waals surface area contributed by atoms with Gasteiger partial charge in [0, 0.05) is 77.8 Å². The lowest BCUT2D eigenvalue weighted by molar-refractivity contribution is 0.148. The Morgan fingerprint density at radius 3 is 1.72 bits per heavy atom. The van der Waals surface area contributed by atoms with Crippen molar-refractivity contribution in [3.05, 3.63) is 30.1 Å². The summed E-state index contributed by atoms with van der Waals surface area (Å²) in [4.78, 5) is 16.1. The number of likely N-dealkylation sites (tertiary alicyclic amines) is 1. The Balaban J connectivity index is 0.000000170. The van der Waals surface area contributed by atoms with E-state index in [4.69, 9.17) is 0 Å². The summed E-state index contributed by atoms with van der Waals surface area (Å²) in [5, 5.41) is 0. The Morgan fingerprint density at radius 2 is 1.34 bits per heavy atom. The number of hydrogen-bond donors (Lipinski definition) is 0. The second kappa shape index (κ2) is 13.3. The van der Waals surface area contributed by atoms with Gasteiger partial charge in [-0.3, -0.25) is 9.88 Å². The van der Waals surface area contributed by atoms with E-state index in [1.807, 2.05) is 18.5 Å². The van der Waals surface area contributed by atoms with Gasteiger partial charge in [-0.1, -0.05) is 13.0 Å². The molecule has 29 heavy (non-hydrogen) atoms. The molecule has 6 heteroatoms. The molecular weight excluding hydrogens is 360 g/mol. The molecule has 1 aromatic rings. The van der Waals surface area contributed by atoms with Gasteiger partial charge in [0.15, 0.2) is 0 Å². The highest BCUT2D eigenvalue weighted by molar-refractivity contribution is 5.08. The molecule has 0 amide bonds. The molecule has 0 saturated carbocycles. The summed E-state index contributed by atoms with van der Waals surface area (Å²) in [6, 6.07) is 4.15. The molecule has 1 unspecified atom stereocenters. The normalized spacial score (nSPS) is 25.1. The average molecular weight is 405 g/mol. The molecule has 3 saturated heterocycles. The van der Waals surface area contributed by atoms with Crippen molar-refractivity contribution in [1.82, 2.24) is 29.5 Å². The van der Waals surface area contributed by atoms with Crippen molar-refractivity contribution in [2.45, 2.75) is 19.9 Å². The van der Waals surface area contributed by atoms with E-state index in [1.54, 1.807) is 0 Å². The summed E-state index contributed by atoms with van der Waals surface area (Å²) >= 11 is 0. The van der Waals surface area contributed by atoms with E-state index >= 15 is 0 Å². The molecule has 0 bridgehead atoms. The topological polar surface area (TPSA) is 29.1 Å². The first-order valence-electron chi connectivity index (χ1n) is 11.3. The van der Waals surface area contributed by atoms with Crippen LogP contribution < -0.4 is 0 Å². The number of nitrogens with zero attached hydrogens (tertiary/aromatic N) is 6. The second-order valence-corrected chi connectivity index (χ2v) is 9.20. The van der Waals surface area contributed by atoms with Crippen LogP contribution in [0.5, 0.6) is 0 Å². The average Bonchev–Trinajstić information content (AvgIpc) is 3.10. The zero-order valence-corrected chi connectivity index (χ0v) is 19.6. The van der Waals surface area contributed by atoms with Crippen LogP contribution in [0.2, 0.25) is 0 Å². The van der Waals surface area contributed by atoms with E-state index in [-0.39, 0.29) is 0 Å². The lowest BCUT2D eigenvalue weighted by Gasteiger charge is -2.32. The Kier molecular flexibility index (Phi) is 11.1. The van der Waals surface area contributed by atoms with Crippen LogP contribution in [0.3, 0.4) is 0 Å². The fraction of sp³-hybridized carbons (Fsp3) is 0.783. The molecule has 0 aromatic carbocycles. The minimum absolute atomic E-state index is 0.949. The van der Waals surface area contributed by atoms with E-state index in [0.717, 1.165) is 12.5 Å². The molecule has 0 N–H and O–H groups in total. The van der Waals surface area contributed by atoms with Gasteiger partial charge in [0.25, 0.3) is 0 Å². The summed E-state index contributed by atoms with van der Waals surface area (Å²) in [5.74, 6) is 0.949. The third kappa shape index (κ3) is 10.5. The third-order valence-electron chi connectivity index (χ3n) is 6.08. The minimum atomic E-state index is 0.949. The molecule has 3 aliphatic heterocycles. The molecule has 0 spiro atoms. The highest BCUT2D eigenvalue weighted by Crippen LogP contribution is 2.11. The number of piperazine rings is 2. The van der Waals surface area contributed by atoms with Crippen molar-refractivity contribution in [1.29, 1.82) is 0 Å². The van der Waals surface area contributed by atoms with E-state index in [2.05, 4.69) is 70.7 Å². The first kappa shape index (κ1) is 24.2. The SMILES string of the molecule is CC1CCN(C)C1.CN1CCN(C)CC1.CN1CCN(Cc2cccnc2)CC1. The van der Waals surface area contributed by atoms with Crippen molar-refractivity contribution >= 4 is 0 Å². The quantitative estimate of drug-likeness (QED) is 0.745. The lowest BCUT2D eigenvalue weighted by atomic mass is 10.2. The van der Waals surface area contributed by atoms with Crippen LogP contribution in [0.25, 0.3) is 0 Å². The van der Waals surface area contributed by atoms with Gasteiger partial charge in [0.1, 0.15) is 0 Å². The van der Waals surface area contributed by atoms with E-state index in [9.17, 15) is 0 Å². The van der Waals surface area contributed by atoms with Gasteiger partial charge >= 0.3 is 0 Å². The molecule has 1 aromatic heterocycles. The monoisotopic (exact) mass is 404 g/mol. The van der Waals surface area contributed by atoms with Crippen molar-refractivity contribution in [3.63, 3.8) is 0 Å². The number of hydrogen-bond acceptors (Lipinski definition) is 6. The standard InChI is InChI=1S/C11H17N3.C6H14N2.C6H13N/c1-13-5-7-14(8-6-13)10-11-3-2-4-12-9-11;1-7-3-5-8(2)6-4-7;1-6-3-4-7(2)5-6/h2-4,9H,5-8,10H2,1H3;3-6H2,1-2H3;6H,3-5H2,1-2H3. The second-order valence-electron chi connectivity index (χ2n) is 9.20. The zero-order valence-electron chi connectivity index (χ0n) is 19.6. The molecule has 3 aliphatic rings. The van der Waals surface area contributed by atoms with E-state index < -0.39 is 0 Å². The van der Waals surface area contributed by atoms with Gasteiger partial charge in [-0.25, -0.2) is 0 Å². The minimum Gasteiger partial charge on any atom is -0.306 e. The van der Waals surface area contributed by atoms with Crippen LogP contribution in [0.15, 0.2) is 24.5 Å². The Hall–Kier alpha value is -1.05. The summed E-state index contributed by atoms with van der Waals surface area (Å²) in [6.07, 6.45) is 5.18. The first-order chi connectivity index (χ1) is 13.9. The fourth-order valence-electron chi connectivity index (χ4n) is 3.82. The molecule has 6 nitrogen and oxygen atoms in total. The number of pyridine rings is 1. The highest BCUT2D eigenvalue weighted by atomic mass is 15.2. The van der Waals surface area contributed by atoms with Crippen molar-refractivity contribution in [2.24, 2.45) is 5.92 Å². The number of likely N-dealkylation sites (N-methyl/N-ethyl adjacent to an activating group) is 3. The summed E-state index contributed by atoms with van der Waals surface area (Å²) in [5.41, 5.74) is 1.32. The van der Waals surface area contributed by atoms with Crippen molar-refractivity contribution in [2.75, 3.05) is 93.6 Å². The molecule has 4 rings (SSSR count). The zero-order chi connectivity index (χ0) is 21.1. The van der Waals surface area contributed by atoms with Gasteiger partial charge in [-0.2, -0.15) is 0 Å². The van der Waals surface area contributed by atoms with Gasteiger partial charge in [-0.15, -0.1) is 0 Å². The fourth-order valence-corrected chi connectivity index (χ4v) is 3.82. The Bertz CT molecular complexity index is 505. The maximum absolute atomic E-state index is 4.13. The maximum Gasteiger partial charge on any atom is 0.0312 e. The van der Waals surface area contributed by atoms with E-state index in [1.165, 1.54) is 77.4 Å². The van der Waals surface area contributed by atoms with Crippen LogP contribution in [-0.2, 0) is 6.54 Å². The largest absolute Gasteiger partial charge is 0.306 e. The maximum atomic E-state index is 4.13. The summed E-state index contributed by atoms with van der Waals surface area (Å²) < 4.78 is 0. The predicted octanol–water partition coefficient (Wildman–Crippen LogP) is 1.65. The number of rotatable bonds is 2. The summed E-state index contributed by atoms with van der Waals surface area (Å²) in [7, 11) is 8.71. The van der Waals surface area contributed by atoms with Crippen LogP contribution in [0, 0.1) is 5.92 Å². The smallest absolute Gasteiger partial charge is 0.0312 e. The molecule has 0 aliphatic carbocycles. The molecule has 1 atom stereocenters. The number of aromatic nitrogens is 1. The summed E-state index contributed by atoms with van der Waals surface area (Å²) in [6.45, 7) is 15.6. The Labute approximate surface area is 179 Å². The first-order valence-corrected chi connectivity index (χ1v) is 11.3. The van der Waals surface area contributed by atoms with Crippen molar-refractivity contribution in [3.8, 4) is 0 Å². The molecule has 166 valence electrons. The van der Waals surface area contributed by atoms with Crippen LogP contribution in [0.1, 0.15) is 18.9 Å². The van der Waals surface area contributed by atoms with Crippen molar-refractivity contribution < 1.29 is 0 Å². The highest BCUT2D eigenvalue weighted by Gasteiger charge is 2.14. The van der Waals surface area contributed by atoms with Gasteiger partial charge in [0.2, 0.25) is 0 Å². The van der Waals surface area contributed by atoms with Crippen LogP contribution in [0.4, 0.5) is 0 Å². The molecular formula is C23H44N6. The van der Waals surface area contributed by atoms with Gasteiger partial charge < -0.3 is 19.6 Å². The predicted molar refractivity (Wildman–Crippen MR) is 123 cm³/mol. The third-order valence-corrected chi connectivity index (χ3v) is 6.08. The molecule has 3 fully saturated rings. The lowest BCUT2D eigenvalue weighted by Crippen LogP contribution is -2.43. The molecule has 0 radical (unpaired) electrons. The van der Waals surface area contributed by atoms with Crippen LogP contribution in [-0.4, -0.2) is 123 Å². The van der Waals surface area contributed by atoms with Gasteiger partial charge in [0.05, 0.1) is 0 Å². The van der Waals surface area contributed by atoms with E-state index in [0.29, 0.717) is 0 Å². The van der Waals surface area contributed by atoms with Gasteiger partial charge in [-0.05, 0) is 58.7 Å². The molecule has 4 heterocycles. The Morgan fingerprint density at radius 1 is 0.793 bits per heavy atom. The van der Waals surface area contributed by atoms with Crippen LogP contribution >= 0.6 is 0 Å².